The highest BCUT2D eigenvalue weighted by atomic mass is 16.6. The Hall–Kier alpha value is -4.60. The predicted octanol–water partition coefficient (Wildman–Crippen LogP) is 4.23. The van der Waals surface area contributed by atoms with Crippen molar-refractivity contribution in [2.75, 3.05) is 27.4 Å². The van der Waals surface area contributed by atoms with Crippen molar-refractivity contribution in [3.8, 4) is 23.0 Å². The van der Waals surface area contributed by atoms with Gasteiger partial charge in [0.25, 0.3) is 0 Å². The van der Waals surface area contributed by atoms with Crippen LogP contribution in [0.15, 0.2) is 36.4 Å². The number of hydrogen-bond donors (Lipinski definition) is 0. The second kappa shape index (κ2) is 14.2. The molecular weight excluding hydrogens is 496 g/mol. The SMILES string of the molecule is COc1cc(C=C(COC(C)=O)c2cc(OC)c(OC(C)=O)cc2C=CCOC(C)=O)ccc1OC(C)=O. The molecule has 0 spiro atoms. The highest BCUT2D eigenvalue weighted by Crippen LogP contribution is 2.36. The largest absolute Gasteiger partial charge is 0.493 e. The van der Waals surface area contributed by atoms with Crippen LogP contribution in [0, 0.1) is 0 Å². The van der Waals surface area contributed by atoms with Crippen LogP contribution in [-0.4, -0.2) is 51.3 Å². The van der Waals surface area contributed by atoms with E-state index in [0.717, 1.165) is 0 Å². The van der Waals surface area contributed by atoms with Crippen LogP contribution in [0.5, 0.6) is 23.0 Å². The molecule has 0 atom stereocenters. The molecule has 0 unspecified atom stereocenters. The Morgan fingerprint density at radius 1 is 0.711 bits per heavy atom. The number of benzene rings is 2. The summed E-state index contributed by atoms with van der Waals surface area (Å²) < 4.78 is 31.6. The summed E-state index contributed by atoms with van der Waals surface area (Å²) in [6.45, 7) is 5.05. The smallest absolute Gasteiger partial charge is 0.308 e. The maximum atomic E-state index is 11.7. The maximum absolute atomic E-state index is 11.7. The summed E-state index contributed by atoms with van der Waals surface area (Å²) in [6.07, 6.45) is 5.05. The summed E-state index contributed by atoms with van der Waals surface area (Å²) in [4.78, 5) is 45.9. The lowest BCUT2D eigenvalue weighted by Crippen LogP contribution is -2.07. The minimum atomic E-state index is -0.540. The fourth-order valence-corrected chi connectivity index (χ4v) is 3.32. The van der Waals surface area contributed by atoms with Crippen LogP contribution in [-0.2, 0) is 28.7 Å². The van der Waals surface area contributed by atoms with E-state index >= 15 is 0 Å². The van der Waals surface area contributed by atoms with Crippen molar-refractivity contribution < 1.29 is 47.6 Å². The van der Waals surface area contributed by atoms with E-state index in [4.69, 9.17) is 28.4 Å². The standard InChI is InChI=1S/C28H30O10/c1-17(29)35-11-7-8-22-14-28(38-20(4)32)27(34-6)15-24(22)23(16-36-18(2)30)12-21-9-10-25(37-19(3)31)26(13-21)33-5/h7-10,12-15H,11,16H2,1-6H3. The summed E-state index contributed by atoms with van der Waals surface area (Å²) in [5.41, 5.74) is 2.36. The van der Waals surface area contributed by atoms with Crippen molar-refractivity contribution >= 4 is 41.6 Å². The molecule has 0 aliphatic carbocycles. The molecule has 10 nitrogen and oxygen atoms in total. The van der Waals surface area contributed by atoms with Crippen molar-refractivity contribution in [2.45, 2.75) is 27.7 Å². The molecule has 0 aliphatic rings. The maximum Gasteiger partial charge on any atom is 0.308 e. The fraction of sp³-hybridized carbons (Fsp3) is 0.286. The van der Waals surface area contributed by atoms with Crippen molar-refractivity contribution in [3.05, 3.63) is 53.1 Å². The van der Waals surface area contributed by atoms with Gasteiger partial charge in [0, 0.05) is 27.7 Å². The van der Waals surface area contributed by atoms with Gasteiger partial charge in [-0.15, -0.1) is 0 Å². The highest BCUT2D eigenvalue weighted by Gasteiger charge is 2.17. The molecule has 0 N–H and O–H groups in total. The second-order valence-corrected chi connectivity index (χ2v) is 7.84. The third-order valence-corrected chi connectivity index (χ3v) is 4.83. The van der Waals surface area contributed by atoms with Crippen LogP contribution in [0.1, 0.15) is 44.4 Å². The monoisotopic (exact) mass is 526 g/mol. The molecule has 10 heteroatoms. The molecule has 2 rings (SSSR count). The third-order valence-electron chi connectivity index (χ3n) is 4.83. The van der Waals surface area contributed by atoms with Crippen LogP contribution < -0.4 is 18.9 Å². The Morgan fingerprint density at radius 3 is 1.89 bits per heavy atom. The normalized spacial score (nSPS) is 11.1. The van der Waals surface area contributed by atoms with Gasteiger partial charge in [0.05, 0.1) is 14.2 Å². The van der Waals surface area contributed by atoms with Gasteiger partial charge >= 0.3 is 23.9 Å². The summed E-state index contributed by atoms with van der Waals surface area (Å²) >= 11 is 0. The van der Waals surface area contributed by atoms with Gasteiger partial charge in [0.1, 0.15) is 13.2 Å². The summed E-state index contributed by atoms with van der Waals surface area (Å²) in [6, 6.07) is 8.18. The number of methoxy groups -OCH3 is 2. The summed E-state index contributed by atoms with van der Waals surface area (Å²) in [5.74, 6) is -0.945. The number of hydrogen-bond acceptors (Lipinski definition) is 10. The zero-order valence-electron chi connectivity index (χ0n) is 22.1. The van der Waals surface area contributed by atoms with Crippen LogP contribution in [0.25, 0.3) is 17.7 Å². The van der Waals surface area contributed by atoms with E-state index in [-0.39, 0.29) is 30.5 Å². The number of rotatable bonds is 11. The topological polar surface area (TPSA) is 124 Å². The molecule has 0 fully saturated rings. The van der Waals surface area contributed by atoms with Crippen LogP contribution >= 0.6 is 0 Å². The van der Waals surface area contributed by atoms with E-state index in [1.807, 2.05) is 0 Å². The van der Waals surface area contributed by atoms with Gasteiger partial charge in [-0.1, -0.05) is 12.1 Å². The molecule has 38 heavy (non-hydrogen) atoms. The fourth-order valence-electron chi connectivity index (χ4n) is 3.32. The van der Waals surface area contributed by atoms with Gasteiger partial charge < -0.3 is 28.4 Å². The van der Waals surface area contributed by atoms with E-state index < -0.39 is 23.9 Å². The molecule has 0 heterocycles. The van der Waals surface area contributed by atoms with Gasteiger partial charge in [0.15, 0.2) is 23.0 Å². The van der Waals surface area contributed by atoms with Crippen molar-refractivity contribution in [1.82, 2.24) is 0 Å². The Kier molecular flexibility index (Phi) is 11.1. The lowest BCUT2D eigenvalue weighted by Gasteiger charge is -2.17. The molecule has 0 bridgehead atoms. The van der Waals surface area contributed by atoms with Crippen LogP contribution in [0.2, 0.25) is 0 Å². The van der Waals surface area contributed by atoms with Crippen molar-refractivity contribution in [3.63, 3.8) is 0 Å². The Morgan fingerprint density at radius 2 is 1.32 bits per heavy atom. The molecule has 0 saturated carbocycles. The molecule has 0 amide bonds. The average molecular weight is 527 g/mol. The molecule has 2 aromatic rings. The number of carbonyl (C=O) groups excluding carboxylic acids is 4. The van der Waals surface area contributed by atoms with E-state index in [9.17, 15) is 19.2 Å². The van der Waals surface area contributed by atoms with Crippen molar-refractivity contribution in [1.29, 1.82) is 0 Å². The lowest BCUT2D eigenvalue weighted by atomic mass is 9.96. The Labute approximate surface area is 220 Å². The quantitative estimate of drug-likeness (QED) is 0.239. The van der Waals surface area contributed by atoms with E-state index in [1.54, 1.807) is 48.6 Å². The summed E-state index contributed by atoms with van der Waals surface area (Å²) in [7, 11) is 2.87. The first kappa shape index (κ1) is 29.6. The first-order valence-electron chi connectivity index (χ1n) is 11.4. The van der Waals surface area contributed by atoms with Gasteiger partial charge in [0.2, 0.25) is 0 Å². The molecule has 0 aliphatic heterocycles. The Bertz CT molecular complexity index is 1260. The van der Waals surface area contributed by atoms with E-state index in [0.29, 0.717) is 28.0 Å². The van der Waals surface area contributed by atoms with Gasteiger partial charge in [-0.3, -0.25) is 19.2 Å². The first-order valence-corrected chi connectivity index (χ1v) is 11.4. The zero-order valence-corrected chi connectivity index (χ0v) is 22.1. The number of carbonyl (C=O) groups is 4. The predicted molar refractivity (Wildman–Crippen MR) is 139 cm³/mol. The minimum absolute atomic E-state index is 0.0154. The highest BCUT2D eigenvalue weighted by molar-refractivity contribution is 5.88. The summed E-state index contributed by atoms with van der Waals surface area (Å²) in [5, 5.41) is 0. The van der Waals surface area contributed by atoms with E-state index in [1.165, 1.54) is 41.9 Å². The first-order chi connectivity index (χ1) is 18.0. The van der Waals surface area contributed by atoms with Gasteiger partial charge in [-0.2, -0.15) is 0 Å². The zero-order chi connectivity index (χ0) is 28.2. The molecule has 0 radical (unpaired) electrons. The lowest BCUT2D eigenvalue weighted by molar-refractivity contribution is -0.140. The van der Waals surface area contributed by atoms with Crippen LogP contribution in [0.3, 0.4) is 0 Å². The van der Waals surface area contributed by atoms with Crippen LogP contribution in [0.4, 0.5) is 0 Å². The molecule has 2 aromatic carbocycles. The third kappa shape index (κ3) is 9.12. The molecule has 0 saturated heterocycles. The minimum Gasteiger partial charge on any atom is -0.493 e. The Balaban J connectivity index is 2.70. The second-order valence-electron chi connectivity index (χ2n) is 7.84. The number of ether oxygens (including phenoxy) is 6. The molecule has 202 valence electrons. The van der Waals surface area contributed by atoms with Gasteiger partial charge in [-0.25, -0.2) is 0 Å². The van der Waals surface area contributed by atoms with E-state index in [2.05, 4.69) is 0 Å². The average Bonchev–Trinajstić information content (AvgIpc) is 2.84. The number of esters is 4. The van der Waals surface area contributed by atoms with Crippen molar-refractivity contribution in [2.24, 2.45) is 0 Å². The van der Waals surface area contributed by atoms with Gasteiger partial charge in [-0.05, 0) is 58.7 Å². The molecular formula is C28H30O10. The molecule has 0 aromatic heterocycles.